The number of rotatable bonds is 5. The third-order valence-electron chi connectivity index (χ3n) is 4.82. The topological polar surface area (TPSA) is 47.6 Å². The highest BCUT2D eigenvalue weighted by Gasteiger charge is 2.21. The Kier molecular flexibility index (Phi) is 6.06. The highest BCUT2D eigenvalue weighted by atomic mass is 16.5. The predicted octanol–water partition coefficient (Wildman–Crippen LogP) is 3.90. The van der Waals surface area contributed by atoms with Crippen molar-refractivity contribution in [2.75, 3.05) is 18.5 Å². The van der Waals surface area contributed by atoms with Crippen LogP contribution in [0, 0.1) is 5.92 Å². The Morgan fingerprint density at radius 2 is 1.91 bits per heavy atom. The van der Waals surface area contributed by atoms with Crippen LogP contribution in [0.4, 0.5) is 5.69 Å². The molecule has 0 radical (unpaired) electrons. The lowest BCUT2D eigenvalue weighted by atomic mass is 9.98. The number of hydrogen-bond donors (Lipinski definition) is 1. The molecule has 0 atom stereocenters. The number of ether oxygens (including phenoxy) is 2. The number of carbonyl (C=O) groups excluding carboxylic acids is 1. The van der Waals surface area contributed by atoms with E-state index in [1.165, 1.54) is 32.1 Å². The van der Waals surface area contributed by atoms with E-state index in [1.54, 1.807) is 0 Å². The van der Waals surface area contributed by atoms with E-state index >= 15 is 0 Å². The average Bonchev–Trinajstić information content (AvgIpc) is 2.62. The summed E-state index contributed by atoms with van der Waals surface area (Å²) in [5.41, 5.74) is 1.99. The van der Waals surface area contributed by atoms with E-state index in [2.05, 4.69) is 11.4 Å². The van der Waals surface area contributed by atoms with Gasteiger partial charge in [0, 0.05) is 24.8 Å². The number of carbonyl (C=O) groups is 1. The summed E-state index contributed by atoms with van der Waals surface area (Å²) in [4.78, 5) is 12.3. The summed E-state index contributed by atoms with van der Waals surface area (Å²) in [6.45, 7) is 2.01. The second-order valence-corrected chi connectivity index (χ2v) is 6.65. The van der Waals surface area contributed by atoms with Gasteiger partial charge in [-0.15, -0.1) is 0 Å². The van der Waals surface area contributed by atoms with Crippen molar-refractivity contribution in [3.8, 4) is 0 Å². The number of anilines is 1. The molecule has 2 aliphatic rings. The van der Waals surface area contributed by atoms with E-state index < -0.39 is 0 Å². The molecule has 1 N–H and O–H groups in total. The van der Waals surface area contributed by atoms with Crippen molar-refractivity contribution >= 4 is 11.6 Å². The van der Waals surface area contributed by atoms with Gasteiger partial charge in [-0.25, -0.2) is 0 Å². The molecule has 4 nitrogen and oxygen atoms in total. The van der Waals surface area contributed by atoms with Gasteiger partial charge in [-0.05, 0) is 43.4 Å². The molecule has 0 aromatic heterocycles. The van der Waals surface area contributed by atoms with Gasteiger partial charge in [-0.3, -0.25) is 4.79 Å². The minimum absolute atomic E-state index is 0.0749. The van der Waals surface area contributed by atoms with Gasteiger partial charge >= 0.3 is 0 Å². The second kappa shape index (κ2) is 8.46. The number of hydrogen-bond acceptors (Lipinski definition) is 3. The van der Waals surface area contributed by atoms with Crippen LogP contribution in [0.5, 0.6) is 0 Å². The maximum absolute atomic E-state index is 12.3. The zero-order valence-corrected chi connectivity index (χ0v) is 13.8. The van der Waals surface area contributed by atoms with Crippen LogP contribution in [0.25, 0.3) is 0 Å². The van der Waals surface area contributed by atoms with Crippen LogP contribution in [0.15, 0.2) is 24.3 Å². The van der Waals surface area contributed by atoms with Crippen molar-refractivity contribution in [2.45, 2.75) is 57.7 Å². The molecule has 0 bridgehead atoms. The van der Waals surface area contributed by atoms with Crippen LogP contribution in [0.2, 0.25) is 0 Å². The van der Waals surface area contributed by atoms with Crippen molar-refractivity contribution in [1.82, 2.24) is 0 Å². The lowest BCUT2D eigenvalue weighted by Crippen LogP contribution is -2.28. The van der Waals surface area contributed by atoms with Crippen molar-refractivity contribution in [2.24, 2.45) is 5.92 Å². The van der Waals surface area contributed by atoms with Crippen molar-refractivity contribution in [3.63, 3.8) is 0 Å². The Balaban J connectivity index is 1.51. The van der Waals surface area contributed by atoms with Crippen LogP contribution in [-0.4, -0.2) is 25.2 Å². The molecule has 4 heteroatoms. The summed E-state index contributed by atoms with van der Waals surface area (Å²) in [6, 6.07) is 8.02. The summed E-state index contributed by atoms with van der Waals surface area (Å²) in [5, 5.41) is 3.04. The van der Waals surface area contributed by atoms with Crippen molar-refractivity contribution in [3.05, 3.63) is 29.8 Å². The summed E-state index contributed by atoms with van der Waals surface area (Å²) in [6.07, 6.45) is 8.31. The molecule has 0 unspecified atom stereocenters. The quantitative estimate of drug-likeness (QED) is 0.896. The number of amides is 1. The molecule has 1 aromatic rings. The fourth-order valence-electron chi connectivity index (χ4n) is 3.39. The van der Waals surface area contributed by atoms with E-state index in [0.717, 1.165) is 24.1 Å². The van der Waals surface area contributed by atoms with Gasteiger partial charge in [0.05, 0.1) is 12.7 Å². The highest BCUT2D eigenvalue weighted by Crippen LogP contribution is 2.22. The standard InChI is InChI=1S/C19H27NO3/c21-19(16-9-11-22-12-10-16)20-17-6-4-5-15(13-17)14-23-18-7-2-1-3-8-18/h4-6,13,16,18H,1-3,7-12,14H2,(H,20,21). The van der Waals surface area contributed by atoms with E-state index in [-0.39, 0.29) is 11.8 Å². The molecule has 2 fully saturated rings. The van der Waals surface area contributed by atoms with E-state index in [0.29, 0.717) is 25.9 Å². The van der Waals surface area contributed by atoms with Gasteiger partial charge in [0.1, 0.15) is 0 Å². The molecule has 1 saturated heterocycles. The van der Waals surface area contributed by atoms with Crippen LogP contribution in [-0.2, 0) is 20.9 Å². The first-order valence-corrected chi connectivity index (χ1v) is 8.90. The third kappa shape index (κ3) is 5.05. The van der Waals surface area contributed by atoms with Gasteiger partial charge in [-0.2, -0.15) is 0 Å². The maximum Gasteiger partial charge on any atom is 0.227 e. The summed E-state index contributed by atoms with van der Waals surface area (Å²) in [5.74, 6) is 0.185. The van der Waals surface area contributed by atoms with Crippen molar-refractivity contribution < 1.29 is 14.3 Å². The molecule has 1 heterocycles. The molecule has 1 amide bonds. The first kappa shape index (κ1) is 16.5. The SMILES string of the molecule is O=C(Nc1cccc(COC2CCCCC2)c1)C1CCOCC1. The maximum atomic E-state index is 12.3. The average molecular weight is 317 g/mol. The largest absolute Gasteiger partial charge is 0.381 e. The smallest absolute Gasteiger partial charge is 0.227 e. The molecule has 1 aliphatic carbocycles. The molecular weight excluding hydrogens is 290 g/mol. The summed E-state index contributed by atoms with van der Waals surface area (Å²) in [7, 11) is 0. The highest BCUT2D eigenvalue weighted by molar-refractivity contribution is 5.92. The lowest BCUT2D eigenvalue weighted by molar-refractivity contribution is -0.122. The summed E-state index contributed by atoms with van der Waals surface area (Å²) >= 11 is 0. The second-order valence-electron chi connectivity index (χ2n) is 6.65. The minimum Gasteiger partial charge on any atom is -0.381 e. The fourth-order valence-corrected chi connectivity index (χ4v) is 3.39. The monoisotopic (exact) mass is 317 g/mol. The first-order chi connectivity index (χ1) is 11.3. The molecule has 1 aromatic carbocycles. The Hall–Kier alpha value is -1.39. The van der Waals surface area contributed by atoms with Gasteiger partial charge in [0.15, 0.2) is 0 Å². The van der Waals surface area contributed by atoms with Crippen LogP contribution in [0.3, 0.4) is 0 Å². The van der Waals surface area contributed by atoms with Crippen molar-refractivity contribution in [1.29, 1.82) is 0 Å². The molecule has 1 saturated carbocycles. The van der Waals surface area contributed by atoms with Gasteiger partial charge in [0.25, 0.3) is 0 Å². The number of benzene rings is 1. The zero-order chi connectivity index (χ0) is 15.9. The first-order valence-electron chi connectivity index (χ1n) is 8.90. The Morgan fingerprint density at radius 1 is 1.13 bits per heavy atom. The normalized spacial score (nSPS) is 20.3. The van der Waals surface area contributed by atoms with Crippen LogP contribution in [0.1, 0.15) is 50.5 Å². The molecule has 3 rings (SSSR count). The molecule has 126 valence electrons. The van der Waals surface area contributed by atoms with E-state index in [4.69, 9.17) is 9.47 Å². The number of nitrogens with one attached hydrogen (secondary N) is 1. The van der Waals surface area contributed by atoms with E-state index in [9.17, 15) is 4.79 Å². The van der Waals surface area contributed by atoms with E-state index in [1.807, 2.05) is 18.2 Å². The van der Waals surface area contributed by atoms with Crippen LogP contribution < -0.4 is 5.32 Å². The lowest BCUT2D eigenvalue weighted by Gasteiger charge is -2.22. The van der Waals surface area contributed by atoms with Gasteiger partial charge < -0.3 is 14.8 Å². The van der Waals surface area contributed by atoms with Gasteiger partial charge in [-0.1, -0.05) is 31.4 Å². The predicted molar refractivity (Wildman–Crippen MR) is 90.3 cm³/mol. The fraction of sp³-hybridized carbons (Fsp3) is 0.632. The molecular formula is C19H27NO3. The Morgan fingerprint density at radius 3 is 2.70 bits per heavy atom. The minimum atomic E-state index is 0.0749. The third-order valence-corrected chi connectivity index (χ3v) is 4.82. The molecule has 1 aliphatic heterocycles. The summed E-state index contributed by atoms with van der Waals surface area (Å²) < 4.78 is 11.3. The molecule has 0 spiro atoms. The Bertz CT molecular complexity index is 505. The zero-order valence-electron chi connectivity index (χ0n) is 13.8. The van der Waals surface area contributed by atoms with Gasteiger partial charge in [0.2, 0.25) is 5.91 Å². The van der Waals surface area contributed by atoms with Crippen LogP contribution >= 0.6 is 0 Å². The molecule has 23 heavy (non-hydrogen) atoms. The Labute approximate surface area is 138 Å².